The van der Waals surface area contributed by atoms with Gasteiger partial charge in [0, 0.05) is 40.0 Å². The summed E-state index contributed by atoms with van der Waals surface area (Å²) in [5, 5.41) is 6.50. The summed E-state index contributed by atoms with van der Waals surface area (Å²) in [6.45, 7) is 8.76. The van der Waals surface area contributed by atoms with Crippen molar-refractivity contribution >= 4 is 29.9 Å². The second kappa shape index (κ2) is 16.7. The van der Waals surface area contributed by atoms with E-state index >= 15 is 0 Å². The molecule has 1 unspecified atom stereocenters. The molecule has 0 spiro atoms. The molecule has 0 fully saturated rings. The van der Waals surface area contributed by atoms with Crippen molar-refractivity contribution in [1.82, 2.24) is 10.6 Å². The molecule has 6 heteroatoms. The van der Waals surface area contributed by atoms with Crippen LogP contribution < -0.4 is 10.6 Å². The largest absolute Gasteiger partial charge is 0.385 e. The molecule has 0 amide bonds. The quantitative estimate of drug-likeness (QED) is 0.184. The lowest BCUT2D eigenvalue weighted by molar-refractivity contribution is 0.179. The van der Waals surface area contributed by atoms with Crippen LogP contribution in [-0.2, 0) is 9.47 Å². The molecule has 0 aliphatic rings. The normalized spacial score (nSPS) is 12.4. The smallest absolute Gasteiger partial charge is 0.191 e. The lowest BCUT2D eigenvalue weighted by atomic mass is 10.2. The van der Waals surface area contributed by atoms with E-state index in [1.807, 2.05) is 6.08 Å². The Morgan fingerprint density at radius 1 is 1.25 bits per heavy atom. The molecule has 0 heterocycles. The fourth-order valence-electron chi connectivity index (χ4n) is 1.57. The third-order valence-corrected chi connectivity index (χ3v) is 2.49. The Labute approximate surface area is 140 Å². The molecule has 120 valence electrons. The summed E-state index contributed by atoms with van der Waals surface area (Å²) in [6, 6.07) is 0.231. The molecular weight excluding hydrogens is 369 g/mol. The summed E-state index contributed by atoms with van der Waals surface area (Å²) in [4.78, 5) is 4.53. The van der Waals surface area contributed by atoms with Crippen LogP contribution in [0.4, 0.5) is 0 Å². The van der Waals surface area contributed by atoms with E-state index in [4.69, 9.17) is 9.47 Å². The minimum Gasteiger partial charge on any atom is -0.385 e. The number of nitrogens with zero attached hydrogens (tertiary/aromatic N) is 1. The summed E-state index contributed by atoms with van der Waals surface area (Å²) in [7, 11) is 3.43. The third kappa shape index (κ3) is 14.1. The molecule has 5 nitrogen and oxygen atoms in total. The first-order chi connectivity index (χ1) is 9.24. The number of rotatable bonds is 11. The SMILES string of the molecule is C=CCNC(=NCCCCCOC)NC(C)COC.I. The van der Waals surface area contributed by atoms with Crippen molar-refractivity contribution in [3.8, 4) is 0 Å². The number of methoxy groups -OCH3 is 2. The van der Waals surface area contributed by atoms with Gasteiger partial charge in [-0.25, -0.2) is 0 Å². The van der Waals surface area contributed by atoms with E-state index in [0.29, 0.717) is 13.2 Å². The highest BCUT2D eigenvalue weighted by Crippen LogP contribution is 1.96. The fraction of sp³-hybridized carbons (Fsp3) is 0.786. The molecule has 0 radical (unpaired) electrons. The van der Waals surface area contributed by atoms with Crippen molar-refractivity contribution < 1.29 is 9.47 Å². The lowest BCUT2D eigenvalue weighted by Crippen LogP contribution is -2.44. The molecule has 0 aliphatic carbocycles. The molecule has 0 saturated carbocycles. The average Bonchev–Trinajstić information content (AvgIpc) is 2.39. The molecule has 0 saturated heterocycles. The van der Waals surface area contributed by atoms with Gasteiger partial charge >= 0.3 is 0 Å². The van der Waals surface area contributed by atoms with Gasteiger partial charge in [-0.2, -0.15) is 0 Å². The minimum absolute atomic E-state index is 0. The van der Waals surface area contributed by atoms with E-state index in [9.17, 15) is 0 Å². The van der Waals surface area contributed by atoms with Gasteiger partial charge in [-0.05, 0) is 26.2 Å². The van der Waals surface area contributed by atoms with E-state index in [-0.39, 0.29) is 30.0 Å². The van der Waals surface area contributed by atoms with E-state index < -0.39 is 0 Å². The molecular formula is C14H30IN3O2. The van der Waals surface area contributed by atoms with Gasteiger partial charge in [-0.15, -0.1) is 30.6 Å². The number of unbranched alkanes of at least 4 members (excludes halogenated alkanes) is 2. The maximum atomic E-state index is 5.10. The van der Waals surface area contributed by atoms with Crippen molar-refractivity contribution in [2.45, 2.75) is 32.2 Å². The van der Waals surface area contributed by atoms with Crippen molar-refractivity contribution in [2.24, 2.45) is 4.99 Å². The van der Waals surface area contributed by atoms with Crippen LogP contribution in [0.3, 0.4) is 0 Å². The highest BCUT2D eigenvalue weighted by Gasteiger charge is 2.03. The molecule has 0 bridgehead atoms. The van der Waals surface area contributed by atoms with Gasteiger partial charge < -0.3 is 20.1 Å². The van der Waals surface area contributed by atoms with E-state index in [0.717, 1.165) is 38.4 Å². The molecule has 0 rings (SSSR count). The van der Waals surface area contributed by atoms with E-state index in [1.54, 1.807) is 14.2 Å². The molecule has 0 aromatic heterocycles. The Morgan fingerprint density at radius 3 is 2.60 bits per heavy atom. The van der Waals surface area contributed by atoms with Gasteiger partial charge in [-0.1, -0.05) is 6.08 Å². The third-order valence-electron chi connectivity index (χ3n) is 2.49. The first-order valence-electron chi connectivity index (χ1n) is 6.88. The van der Waals surface area contributed by atoms with Crippen LogP contribution in [0.2, 0.25) is 0 Å². The predicted octanol–water partition coefficient (Wildman–Crippen LogP) is 2.18. The van der Waals surface area contributed by atoms with Crippen molar-refractivity contribution in [2.75, 3.05) is 40.5 Å². The minimum atomic E-state index is 0. The van der Waals surface area contributed by atoms with Crippen LogP contribution in [0.25, 0.3) is 0 Å². The van der Waals surface area contributed by atoms with Crippen LogP contribution in [0.5, 0.6) is 0 Å². The van der Waals surface area contributed by atoms with Crippen LogP contribution in [0.1, 0.15) is 26.2 Å². The Kier molecular flexibility index (Phi) is 18.3. The van der Waals surface area contributed by atoms with Crippen molar-refractivity contribution in [3.05, 3.63) is 12.7 Å². The summed E-state index contributed by atoms with van der Waals surface area (Å²) < 4.78 is 10.1. The Balaban J connectivity index is 0. The first kappa shape index (κ1) is 21.9. The number of aliphatic imine (C=N–C) groups is 1. The standard InChI is InChI=1S/C14H29N3O2.HI/c1-5-9-15-14(17-13(2)12-19-4)16-10-7-6-8-11-18-3;/h5,13H,1,6-12H2,2-4H3,(H2,15,16,17);1H. The zero-order valence-electron chi connectivity index (χ0n) is 13.0. The van der Waals surface area contributed by atoms with Crippen molar-refractivity contribution in [3.63, 3.8) is 0 Å². The highest BCUT2D eigenvalue weighted by atomic mass is 127. The highest BCUT2D eigenvalue weighted by molar-refractivity contribution is 14.0. The molecule has 1 atom stereocenters. The number of nitrogens with one attached hydrogen (secondary N) is 2. The Bertz CT molecular complexity index is 251. The Hall–Kier alpha value is -0.340. The zero-order valence-corrected chi connectivity index (χ0v) is 15.3. The summed E-state index contributed by atoms with van der Waals surface area (Å²) in [5.41, 5.74) is 0. The van der Waals surface area contributed by atoms with Gasteiger partial charge in [0.05, 0.1) is 6.61 Å². The first-order valence-corrected chi connectivity index (χ1v) is 6.88. The maximum absolute atomic E-state index is 5.10. The number of guanidine groups is 1. The molecule has 0 aromatic carbocycles. The molecule has 0 aromatic rings. The molecule has 2 N–H and O–H groups in total. The molecule has 0 aliphatic heterocycles. The topological polar surface area (TPSA) is 54.9 Å². The fourth-order valence-corrected chi connectivity index (χ4v) is 1.57. The molecule has 20 heavy (non-hydrogen) atoms. The summed E-state index contributed by atoms with van der Waals surface area (Å²) in [5.74, 6) is 0.816. The second-order valence-corrected chi connectivity index (χ2v) is 4.45. The number of hydrogen-bond acceptors (Lipinski definition) is 3. The average molecular weight is 399 g/mol. The lowest BCUT2D eigenvalue weighted by Gasteiger charge is -2.17. The van der Waals surface area contributed by atoms with Gasteiger partial charge in [0.15, 0.2) is 5.96 Å². The van der Waals surface area contributed by atoms with Crippen molar-refractivity contribution in [1.29, 1.82) is 0 Å². The number of hydrogen-bond donors (Lipinski definition) is 2. The summed E-state index contributed by atoms with van der Waals surface area (Å²) >= 11 is 0. The van der Waals surface area contributed by atoms with Crippen LogP contribution >= 0.6 is 24.0 Å². The van der Waals surface area contributed by atoms with Gasteiger partial charge in [-0.3, -0.25) is 4.99 Å². The van der Waals surface area contributed by atoms with Gasteiger partial charge in [0.2, 0.25) is 0 Å². The number of halogens is 1. The van der Waals surface area contributed by atoms with E-state index in [2.05, 4.69) is 29.1 Å². The monoisotopic (exact) mass is 399 g/mol. The van der Waals surface area contributed by atoms with Crippen LogP contribution in [0, 0.1) is 0 Å². The van der Waals surface area contributed by atoms with Gasteiger partial charge in [0.1, 0.15) is 0 Å². The Morgan fingerprint density at radius 2 is 2.00 bits per heavy atom. The zero-order chi connectivity index (χ0) is 14.3. The van der Waals surface area contributed by atoms with Gasteiger partial charge in [0.25, 0.3) is 0 Å². The second-order valence-electron chi connectivity index (χ2n) is 4.45. The summed E-state index contributed by atoms with van der Waals surface area (Å²) in [6.07, 6.45) is 5.12. The van der Waals surface area contributed by atoms with Crippen LogP contribution in [0.15, 0.2) is 17.6 Å². The predicted molar refractivity (Wildman–Crippen MR) is 96.1 cm³/mol. The van der Waals surface area contributed by atoms with Crippen LogP contribution in [-0.4, -0.2) is 52.5 Å². The number of ether oxygens (including phenoxy) is 2. The van der Waals surface area contributed by atoms with E-state index in [1.165, 1.54) is 0 Å². The maximum Gasteiger partial charge on any atom is 0.191 e.